The van der Waals surface area contributed by atoms with Crippen LogP contribution >= 0.6 is 11.3 Å². The predicted molar refractivity (Wildman–Crippen MR) is 62.5 cm³/mol. The third-order valence-corrected chi connectivity index (χ3v) is 3.59. The van der Waals surface area contributed by atoms with Gasteiger partial charge in [-0.15, -0.1) is 11.3 Å². The highest BCUT2D eigenvalue weighted by molar-refractivity contribution is 7.07. The lowest BCUT2D eigenvalue weighted by Gasteiger charge is -2.27. The van der Waals surface area contributed by atoms with Crippen LogP contribution in [0.3, 0.4) is 0 Å². The molecular weight excluding hydrogens is 224 g/mol. The summed E-state index contributed by atoms with van der Waals surface area (Å²) < 4.78 is 0. The number of thiazole rings is 1. The molecular formula is C11H16N2O2S. The molecule has 0 radical (unpaired) electrons. The molecule has 1 aromatic heterocycles. The van der Waals surface area contributed by atoms with Crippen LogP contribution in [0.2, 0.25) is 0 Å². The minimum Gasteiger partial charge on any atom is -0.394 e. The van der Waals surface area contributed by atoms with Crippen molar-refractivity contribution in [1.29, 1.82) is 0 Å². The van der Waals surface area contributed by atoms with Crippen molar-refractivity contribution in [2.24, 2.45) is 0 Å². The summed E-state index contributed by atoms with van der Waals surface area (Å²) in [5, 5.41) is 11.1. The molecule has 88 valence electrons. The monoisotopic (exact) mass is 240 g/mol. The van der Waals surface area contributed by atoms with Crippen molar-refractivity contribution < 1.29 is 9.90 Å². The number of rotatable bonds is 2. The fraction of sp³-hybridized carbons (Fsp3) is 0.636. The molecule has 5 heteroatoms. The lowest BCUT2D eigenvalue weighted by Crippen LogP contribution is -2.42. The lowest BCUT2D eigenvalue weighted by molar-refractivity contribution is 0.0595. The number of aliphatic hydroxyl groups excluding tert-OH is 1. The van der Waals surface area contributed by atoms with Gasteiger partial charge >= 0.3 is 0 Å². The van der Waals surface area contributed by atoms with Crippen LogP contribution in [0.15, 0.2) is 10.9 Å². The molecule has 1 atom stereocenters. The maximum atomic E-state index is 12.1. The zero-order chi connectivity index (χ0) is 11.4. The van der Waals surface area contributed by atoms with Crippen molar-refractivity contribution >= 4 is 17.2 Å². The first kappa shape index (κ1) is 11.5. The van der Waals surface area contributed by atoms with Crippen LogP contribution in [0.5, 0.6) is 0 Å². The molecule has 1 aromatic rings. The summed E-state index contributed by atoms with van der Waals surface area (Å²) in [6.07, 6.45) is 4.14. The zero-order valence-electron chi connectivity index (χ0n) is 9.13. The maximum Gasteiger partial charge on any atom is 0.273 e. The van der Waals surface area contributed by atoms with E-state index in [0.29, 0.717) is 5.69 Å². The minimum atomic E-state index is -0.0396. The number of carbonyl (C=O) groups is 1. The van der Waals surface area contributed by atoms with Crippen LogP contribution in [0.1, 0.15) is 36.2 Å². The van der Waals surface area contributed by atoms with Gasteiger partial charge in [-0.3, -0.25) is 4.79 Å². The van der Waals surface area contributed by atoms with Gasteiger partial charge in [0.2, 0.25) is 0 Å². The first-order chi connectivity index (χ1) is 7.83. The fourth-order valence-electron chi connectivity index (χ4n) is 2.10. The Kier molecular flexibility index (Phi) is 3.90. The Labute approximate surface area is 98.9 Å². The van der Waals surface area contributed by atoms with E-state index >= 15 is 0 Å². The summed E-state index contributed by atoms with van der Waals surface area (Å²) in [5.74, 6) is -0.0396. The molecule has 1 aliphatic heterocycles. The summed E-state index contributed by atoms with van der Waals surface area (Å²) in [4.78, 5) is 18.0. The van der Waals surface area contributed by atoms with Gasteiger partial charge in [-0.2, -0.15) is 0 Å². The van der Waals surface area contributed by atoms with E-state index in [9.17, 15) is 9.90 Å². The largest absolute Gasteiger partial charge is 0.394 e. The number of nitrogens with zero attached hydrogens (tertiary/aromatic N) is 2. The van der Waals surface area contributed by atoms with Gasteiger partial charge < -0.3 is 10.0 Å². The molecule has 2 rings (SSSR count). The van der Waals surface area contributed by atoms with E-state index in [-0.39, 0.29) is 18.6 Å². The summed E-state index contributed by atoms with van der Waals surface area (Å²) >= 11 is 1.42. The van der Waals surface area contributed by atoms with Crippen LogP contribution in [-0.2, 0) is 0 Å². The Bertz CT molecular complexity index is 340. The second-order valence-electron chi connectivity index (χ2n) is 4.06. The van der Waals surface area contributed by atoms with Crippen molar-refractivity contribution in [1.82, 2.24) is 9.88 Å². The molecule has 1 N–H and O–H groups in total. The topological polar surface area (TPSA) is 53.4 Å². The van der Waals surface area contributed by atoms with E-state index in [1.807, 2.05) is 0 Å². The number of aromatic nitrogens is 1. The molecule has 1 fully saturated rings. The standard InChI is InChI=1S/C11H16N2O2S/c14-6-9-4-2-1-3-5-13(9)11(15)10-7-16-8-12-10/h7-9,14H,1-6H2. The number of hydrogen-bond donors (Lipinski definition) is 1. The molecule has 0 saturated carbocycles. The Morgan fingerprint density at radius 3 is 3.12 bits per heavy atom. The van der Waals surface area contributed by atoms with Gasteiger partial charge in [-0.25, -0.2) is 4.98 Å². The average molecular weight is 240 g/mol. The second kappa shape index (κ2) is 5.41. The van der Waals surface area contributed by atoms with Gasteiger partial charge in [0.15, 0.2) is 0 Å². The zero-order valence-corrected chi connectivity index (χ0v) is 9.95. The lowest BCUT2D eigenvalue weighted by atomic mass is 10.1. The molecule has 0 bridgehead atoms. The van der Waals surface area contributed by atoms with Crippen molar-refractivity contribution in [3.63, 3.8) is 0 Å². The minimum absolute atomic E-state index is 0.0308. The van der Waals surface area contributed by atoms with E-state index in [2.05, 4.69) is 4.98 Å². The molecule has 0 aliphatic carbocycles. The van der Waals surface area contributed by atoms with Gasteiger partial charge in [-0.05, 0) is 12.8 Å². The van der Waals surface area contributed by atoms with E-state index in [4.69, 9.17) is 0 Å². The van der Waals surface area contributed by atoms with E-state index in [1.165, 1.54) is 11.3 Å². The molecule has 1 saturated heterocycles. The van der Waals surface area contributed by atoms with Crippen molar-refractivity contribution in [2.75, 3.05) is 13.2 Å². The highest BCUT2D eigenvalue weighted by Crippen LogP contribution is 2.19. The molecule has 0 aromatic carbocycles. The fourth-order valence-corrected chi connectivity index (χ4v) is 2.63. The highest BCUT2D eigenvalue weighted by Gasteiger charge is 2.26. The molecule has 0 spiro atoms. The van der Waals surface area contributed by atoms with Crippen molar-refractivity contribution in [3.8, 4) is 0 Å². The van der Waals surface area contributed by atoms with Gasteiger partial charge in [0.05, 0.1) is 18.2 Å². The molecule has 1 aliphatic rings. The second-order valence-corrected chi connectivity index (χ2v) is 4.78. The number of amides is 1. The molecule has 16 heavy (non-hydrogen) atoms. The van der Waals surface area contributed by atoms with Crippen LogP contribution in [0, 0.1) is 0 Å². The molecule has 2 heterocycles. The van der Waals surface area contributed by atoms with Gasteiger partial charge in [-0.1, -0.05) is 12.8 Å². The Morgan fingerprint density at radius 2 is 2.44 bits per heavy atom. The SMILES string of the molecule is O=C(c1cscn1)N1CCCCCC1CO. The number of likely N-dealkylation sites (tertiary alicyclic amines) is 1. The smallest absolute Gasteiger partial charge is 0.273 e. The summed E-state index contributed by atoms with van der Waals surface area (Å²) in [7, 11) is 0. The molecule has 4 nitrogen and oxygen atoms in total. The van der Waals surface area contributed by atoms with Crippen LogP contribution in [0.4, 0.5) is 0 Å². The third kappa shape index (κ3) is 2.41. The molecule has 1 unspecified atom stereocenters. The Hall–Kier alpha value is -0.940. The van der Waals surface area contributed by atoms with Gasteiger partial charge in [0, 0.05) is 11.9 Å². The number of carbonyl (C=O) groups excluding carboxylic acids is 1. The maximum absolute atomic E-state index is 12.1. The van der Waals surface area contributed by atoms with Crippen LogP contribution in [0.25, 0.3) is 0 Å². The van der Waals surface area contributed by atoms with Crippen molar-refractivity contribution in [2.45, 2.75) is 31.7 Å². The van der Waals surface area contributed by atoms with E-state index in [1.54, 1.807) is 15.8 Å². The Morgan fingerprint density at radius 1 is 1.56 bits per heavy atom. The summed E-state index contributed by atoms with van der Waals surface area (Å²) in [6, 6.07) is -0.0308. The van der Waals surface area contributed by atoms with E-state index < -0.39 is 0 Å². The van der Waals surface area contributed by atoms with Crippen LogP contribution < -0.4 is 0 Å². The molecule has 1 amide bonds. The first-order valence-corrected chi connectivity index (χ1v) is 6.57. The number of aliphatic hydroxyl groups is 1. The summed E-state index contributed by atoms with van der Waals surface area (Å²) in [6.45, 7) is 0.789. The van der Waals surface area contributed by atoms with Crippen molar-refractivity contribution in [3.05, 3.63) is 16.6 Å². The predicted octanol–water partition coefficient (Wildman–Crippen LogP) is 1.52. The quantitative estimate of drug-likeness (QED) is 0.852. The normalized spacial score (nSPS) is 21.8. The van der Waals surface area contributed by atoms with Crippen LogP contribution in [-0.4, -0.2) is 40.1 Å². The third-order valence-electron chi connectivity index (χ3n) is 3.00. The first-order valence-electron chi connectivity index (χ1n) is 5.63. The Balaban J connectivity index is 2.13. The van der Waals surface area contributed by atoms with Gasteiger partial charge in [0.25, 0.3) is 5.91 Å². The average Bonchev–Trinajstić information content (AvgIpc) is 2.73. The highest BCUT2D eigenvalue weighted by atomic mass is 32.1. The summed E-state index contributed by atoms with van der Waals surface area (Å²) in [5.41, 5.74) is 2.17. The number of hydrogen-bond acceptors (Lipinski definition) is 4. The van der Waals surface area contributed by atoms with Gasteiger partial charge in [0.1, 0.15) is 5.69 Å². The van der Waals surface area contributed by atoms with E-state index in [0.717, 1.165) is 32.2 Å².